The van der Waals surface area contributed by atoms with E-state index in [9.17, 15) is 4.79 Å². The van der Waals surface area contributed by atoms with E-state index in [1.165, 1.54) is 0 Å². The Labute approximate surface area is 159 Å². The van der Waals surface area contributed by atoms with Crippen LogP contribution in [0.4, 0.5) is 0 Å². The molecule has 1 aliphatic heterocycles. The van der Waals surface area contributed by atoms with Crippen LogP contribution >= 0.6 is 36.4 Å². The molecule has 0 aliphatic carbocycles. The van der Waals surface area contributed by atoms with Gasteiger partial charge < -0.3 is 10.2 Å². The monoisotopic (exact) mass is 387 g/mol. The van der Waals surface area contributed by atoms with Gasteiger partial charge in [-0.15, -0.1) is 24.8 Å². The molecule has 4 nitrogen and oxygen atoms in total. The molecule has 1 N–H and O–H groups in total. The molecule has 0 bridgehead atoms. The Morgan fingerprint density at radius 3 is 2.54 bits per heavy atom. The lowest BCUT2D eigenvalue weighted by Gasteiger charge is -2.20. The maximum atomic E-state index is 12.6. The average Bonchev–Trinajstić information content (AvgIpc) is 2.84. The molecule has 1 amide bonds. The molecule has 1 aromatic heterocycles. The van der Waals surface area contributed by atoms with Gasteiger partial charge in [0, 0.05) is 42.6 Å². The van der Waals surface area contributed by atoms with Gasteiger partial charge >= 0.3 is 0 Å². The zero-order valence-electron chi connectivity index (χ0n) is 13.1. The highest BCUT2D eigenvalue weighted by Gasteiger charge is 2.17. The van der Waals surface area contributed by atoms with Gasteiger partial charge in [0.2, 0.25) is 0 Å². The SMILES string of the molecule is Cl.Cl.O=C(c1cncc(-c2ccc(Cl)cc2)c1)N1CCCNCC1. The first-order valence-electron chi connectivity index (χ1n) is 7.45. The van der Waals surface area contributed by atoms with Crippen molar-refractivity contribution in [3.63, 3.8) is 0 Å². The first-order chi connectivity index (χ1) is 10.7. The summed E-state index contributed by atoms with van der Waals surface area (Å²) in [7, 11) is 0. The molecular weight excluding hydrogens is 369 g/mol. The van der Waals surface area contributed by atoms with Crippen LogP contribution < -0.4 is 5.32 Å². The van der Waals surface area contributed by atoms with Crippen molar-refractivity contribution in [2.24, 2.45) is 0 Å². The minimum absolute atomic E-state index is 0. The molecule has 0 radical (unpaired) electrons. The highest BCUT2D eigenvalue weighted by atomic mass is 35.5. The second kappa shape index (κ2) is 9.84. The molecule has 24 heavy (non-hydrogen) atoms. The summed E-state index contributed by atoms with van der Waals surface area (Å²) < 4.78 is 0. The van der Waals surface area contributed by atoms with E-state index in [1.54, 1.807) is 12.4 Å². The second-order valence-corrected chi connectivity index (χ2v) is 5.80. The van der Waals surface area contributed by atoms with Gasteiger partial charge in [0.15, 0.2) is 0 Å². The van der Waals surface area contributed by atoms with E-state index < -0.39 is 0 Å². The fourth-order valence-corrected chi connectivity index (χ4v) is 2.71. The molecule has 0 unspecified atom stereocenters. The number of aromatic nitrogens is 1. The molecule has 2 aromatic rings. The van der Waals surface area contributed by atoms with Crippen LogP contribution in [0.5, 0.6) is 0 Å². The Hall–Kier alpha value is -1.33. The van der Waals surface area contributed by atoms with Crippen molar-refractivity contribution in [1.29, 1.82) is 0 Å². The highest BCUT2D eigenvalue weighted by molar-refractivity contribution is 6.30. The number of amides is 1. The Bertz CT molecular complexity index is 656. The van der Waals surface area contributed by atoms with E-state index in [2.05, 4.69) is 10.3 Å². The van der Waals surface area contributed by atoms with Crippen LogP contribution in [0.2, 0.25) is 5.02 Å². The summed E-state index contributed by atoms with van der Waals surface area (Å²) in [5, 5.41) is 4.00. The summed E-state index contributed by atoms with van der Waals surface area (Å²) in [4.78, 5) is 18.7. The lowest BCUT2D eigenvalue weighted by Crippen LogP contribution is -2.34. The number of carbonyl (C=O) groups is 1. The topological polar surface area (TPSA) is 45.2 Å². The molecule has 3 rings (SSSR count). The number of pyridine rings is 1. The summed E-state index contributed by atoms with van der Waals surface area (Å²) >= 11 is 5.92. The number of nitrogens with one attached hydrogen (secondary N) is 1. The summed E-state index contributed by atoms with van der Waals surface area (Å²) in [5.74, 6) is 0.0482. The Morgan fingerprint density at radius 2 is 1.79 bits per heavy atom. The number of halogens is 3. The van der Waals surface area contributed by atoms with Gasteiger partial charge in [-0.05, 0) is 36.7 Å². The Kier molecular flexibility index (Phi) is 8.50. The highest BCUT2D eigenvalue weighted by Crippen LogP contribution is 2.22. The molecule has 1 aromatic carbocycles. The minimum Gasteiger partial charge on any atom is -0.337 e. The van der Waals surface area contributed by atoms with Crippen LogP contribution in [-0.4, -0.2) is 42.0 Å². The predicted octanol–water partition coefficient (Wildman–Crippen LogP) is 3.68. The van der Waals surface area contributed by atoms with E-state index in [4.69, 9.17) is 11.6 Å². The van der Waals surface area contributed by atoms with Crippen LogP contribution in [0.15, 0.2) is 42.7 Å². The van der Waals surface area contributed by atoms with Crippen LogP contribution in [0, 0.1) is 0 Å². The lowest BCUT2D eigenvalue weighted by molar-refractivity contribution is 0.0766. The molecule has 0 spiro atoms. The standard InChI is InChI=1S/C17H18ClN3O.2ClH/c18-16-4-2-13(3-5-16)14-10-15(12-20-11-14)17(22)21-8-1-6-19-7-9-21;;/h2-5,10-12,19H,1,6-9H2;2*1H. The molecular formula is C17H20Cl3N3O. The van der Waals surface area contributed by atoms with Crippen LogP contribution in [-0.2, 0) is 0 Å². The second-order valence-electron chi connectivity index (χ2n) is 5.36. The Balaban J connectivity index is 0.00000144. The van der Waals surface area contributed by atoms with Crippen molar-refractivity contribution < 1.29 is 4.79 Å². The molecule has 0 saturated carbocycles. The maximum absolute atomic E-state index is 12.6. The number of carbonyl (C=O) groups excluding carboxylic acids is 1. The van der Waals surface area contributed by atoms with Crippen LogP contribution in [0.3, 0.4) is 0 Å². The molecule has 1 fully saturated rings. The zero-order valence-corrected chi connectivity index (χ0v) is 15.5. The van der Waals surface area contributed by atoms with Gasteiger partial charge in [-0.3, -0.25) is 9.78 Å². The number of rotatable bonds is 2. The van der Waals surface area contributed by atoms with Crippen molar-refractivity contribution in [2.45, 2.75) is 6.42 Å². The minimum atomic E-state index is 0. The van der Waals surface area contributed by atoms with Gasteiger partial charge in [0.25, 0.3) is 5.91 Å². The normalized spacial score (nSPS) is 14.1. The van der Waals surface area contributed by atoms with Gasteiger partial charge in [-0.25, -0.2) is 0 Å². The fourth-order valence-electron chi connectivity index (χ4n) is 2.59. The van der Waals surface area contributed by atoms with Crippen molar-refractivity contribution in [3.05, 3.63) is 53.3 Å². The van der Waals surface area contributed by atoms with Crippen molar-refractivity contribution in [3.8, 4) is 11.1 Å². The average molecular weight is 389 g/mol. The molecule has 1 aliphatic rings. The predicted molar refractivity (Wildman–Crippen MR) is 103 cm³/mol. The number of nitrogens with zero attached hydrogens (tertiary/aromatic N) is 2. The number of hydrogen-bond donors (Lipinski definition) is 1. The molecule has 2 heterocycles. The first kappa shape index (κ1) is 20.7. The number of benzene rings is 1. The van der Waals surface area contributed by atoms with Crippen LogP contribution in [0.1, 0.15) is 16.8 Å². The summed E-state index contributed by atoms with van der Waals surface area (Å²) in [6.45, 7) is 3.34. The third-order valence-electron chi connectivity index (χ3n) is 3.79. The van der Waals surface area contributed by atoms with E-state index in [1.807, 2.05) is 35.2 Å². The van der Waals surface area contributed by atoms with Crippen molar-refractivity contribution in [1.82, 2.24) is 15.2 Å². The van der Waals surface area contributed by atoms with Gasteiger partial charge in [0.05, 0.1) is 5.56 Å². The molecule has 130 valence electrons. The lowest BCUT2D eigenvalue weighted by atomic mass is 10.1. The summed E-state index contributed by atoms with van der Waals surface area (Å²) in [6, 6.07) is 9.45. The van der Waals surface area contributed by atoms with Gasteiger partial charge in [-0.2, -0.15) is 0 Å². The van der Waals surface area contributed by atoms with E-state index in [-0.39, 0.29) is 30.7 Å². The smallest absolute Gasteiger partial charge is 0.255 e. The first-order valence-corrected chi connectivity index (χ1v) is 7.83. The van der Waals surface area contributed by atoms with Crippen molar-refractivity contribution in [2.75, 3.05) is 26.2 Å². The van der Waals surface area contributed by atoms with E-state index >= 15 is 0 Å². The van der Waals surface area contributed by atoms with Crippen LogP contribution in [0.25, 0.3) is 11.1 Å². The molecule has 0 atom stereocenters. The fraction of sp³-hybridized carbons (Fsp3) is 0.294. The molecule has 7 heteroatoms. The third kappa shape index (κ3) is 5.08. The summed E-state index contributed by atoms with van der Waals surface area (Å²) in [5.41, 5.74) is 2.56. The number of hydrogen-bond acceptors (Lipinski definition) is 3. The van der Waals surface area contributed by atoms with Crippen molar-refractivity contribution >= 4 is 42.3 Å². The van der Waals surface area contributed by atoms with Gasteiger partial charge in [-0.1, -0.05) is 23.7 Å². The quantitative estimate of drug-likeness (QED) is 0.853. The molecule has 1 saturated heterocycles. The zero-order chi connectivity index (χ0) is 15.4. The van der Waals surface area contributed by atoms with E-state index in [0.717, 1.165) is 43.7 Å². The van der Waals surface area contributed by atoms with E-state index in [0.29, 0.717) is 10.6 Å². The summed E-state index contributed by atoms with van der Waals surface area (Å²) in [6.07, 6.45) is 4.39. The largest absolute Gasteiger partial charge is 0.337 e. The third-order valence-corrected chi connectivity index (χ3v) is 4.04. The Morgan fingerprint density at radius 1 is 1.04 bits per heavy atom. The maximum Gasteiger partial charge on any atom is 0.255 e. The van der Waals surface area contributed by atoms with Gasteiger partial charge in [0.1, 0.15) is 0 Å².